The van der Waals surface area contributed by atoms with Crippen LogP contribution in [-0.4, -0.2) is 58.0 Å². The van der Waals surface area contributed by atoms with E-state index in [2.05, 4.69) is 20.3 Å². The molecule has 1 fully saturated rings. The lowest BCUT2D eigenvalue weighted by atomic mass is 10.2. The summed E-state index contributed by atoms with van der Waals surface area (Å²) in [5.74, 6) is 2.14. The lowest BCUT2D eigenvalue weighted by Gasteiger charge is -2.27. The maximum Gasteiger partial charge on any atom is 0.230 e. The Hall–Kier alpha value is -3.24. The van der Waals surface area contributed by atoms with E-state index in [0.29, 0.717) is 31.7 Å². The normalized spacial score (nSPS) is 14.2. The highest BCUT2D eigenvalue weighted by Gasteiger charge is 2.20. The first-order valence-corrected chi connectivity index (χ1v) is 10.6. The summed E-state index contributed by atoms with van der Waals surface area (Å²) < 4.78 is 12.5. The van der Waals surface area contributed by atoms with Crippen molar-refractivity contribution in [2.75, 3.05) is 43.6 Å². The van der Waals surface area contributed by atoms with Gasteiger partial charge in [-0.1, -0.05) is 12.1 Å². The van der Waals surface area contributed by atoms with Gasteiger partial charge in [0.15, 0.2) is 5.65 Å². The molecule has 5 rings (SSSR count). The third-order valence-electron chi connectivity index (χ3n) is 4.97. The van der Waals surface area contributed by atoms with Crippen molar-refractivity contribution in [1.29, 1.82) is 0 Å². The third-order valence-corrected chi connectivity index (χ3v) is 5.55. The molecule has 30 heavy (non-hydrogen) atoms. The van der Waals surface area contributed by atoms with Crippen LogP contribution in [0, 0.1) is 0 Å². The molecule has 1 aliphatic rings. The van der Waals surface area contributed by atoms with Crippen LogP contribution in [0.25, 0.3) is 16.9 Å². The van der Waals surface area contributed by atoms with Gasteiger partial charge < -0.3 is 19.7 Å². The quantitative estimate of drug-likeness (QED) is 0.506. The van der Waals surface area contributed by atoms with E-state index >= 15 is 0 Å². The van der Waals surface area contributed by atoms with Crippen molar-refractivity contribution in [3.05, 3.63) is 46.9 Å². The summed E-state index contributed by atoms with van der Waals surface area (Å²) >= 11 is 1.55. The van der Waals surface area contributed by atoms with Crippen LogP contribution in [0.4, 0.5) is 11.9 Å². The number of nitrogens with zero attached hydrogens (tertiary/aromatic N) is 6. The second-order valence-corrected chi connectivity index (χ2v) is 7.53. The summed E-state index contributed by atoms with van der Waals surface area (Å²) in [4.78, 5) is 16.2. The molecule has 1 aliphatic heterocycles. The largest absolute Gasteiger partial charge is 0.497 e. The Balaban J connectivity index is 1.51. The smallest absolute Gasteiger partial charge is 0.230 e. The lowest BCUT2D eigenvalue weighted by molar-refractivity contribution is 0.122. The van der Waals surface area contributed by atoms with Gasteiger partial charge in [0.05, 0.1) is 43.3 Å². The van der Waals surface area contributed by atoms with E-state index in [1.165, 1.54) is 0 Å². The van der Waals surface area contributed by atoms with Crippen LogP contribution >= 0.6 is 11.3 Å². The van der Waals surface area contributed by atoms with Crippen molar-refractivity contribution < 1.29 is 9.47 Å². The van der Waals surface area contributed by atoms with Gasteiger partial charge in [-0.3, -0.25) is 0 Å². The molecular formula is C20H21N7O2S. The molecule has 3 aromatic heterocycles. The molecule has 0 radical (unpaired) electrons. The first-order chi connectivity index (χ1) is 14.8. The lowest BCUT2D eigenvalue weighted by Crippen LogP contribution is -2.37. The molecule has 4 heterocycles. The average molecular weight is 424 g/mol. The number of aromatic nitrogens is 5. The van der Waals surface area contributed by atoms with Crippen molar-refractivity contribution in [3.8, 4) is 17.0 Å². The molecule has 9 nitrogen and oxygen atoms in total. The summed E-state index contributed by atoms with van der Waals surface area (Å²) in [6, 6.07) is 7.94. The Morgan fingerprint density at radius 3 is 2.73 bits per heavy atom. The number of thiazole rings is 1. The molecule has 0 saturated carbocycles. The molecule has 10 heteroatoms. The molecule has 0 unspecified atom stereocenters. The molecule has 0 bridgehead atoms. The maximum absolute atomic E-state index is 5.48. The minimum Gasteiger partial charge on any atom is -0.497 e. The van der Waals surface area contributed by atoms with E-state index in [-0.39, 0.29) is 0 Å². The first-order valence-electron chi connectivity index (χ1n) is 9.65. The minimum atomic E-state index is 0.602. The molecule has 0 spiro atoms. The van der Waals surface area contributed by atoms with Gasteiger partial charge in [-0.25, -0.2) is 4.98 Å². The molecule has 154 valence electrons. The second-order valence-electron chi connectivity index (χ2n) is 6.82. The number of hydrogen-bond donors (Lipinski definition) is 1. The van der Waals surface area contributed by atoms with Gasteiger partial charge in [0, 0.05) is 25.0 Å². The van der Waals surface area contributed by atoms with Crippen molar-refractivity contribution in [1.82, 2.24) is 24.6 Å². The molecule has 4 aromatic rings. The molecule has 1 saturated heterocycles. The van der Waals surface area contributed by atoms with Crippen LogP contribution in [0.15, 0.2) is 41.4 Å². The summed E-state index contributed by atoms with van der Waals surface area (Å²) in [7, 11) is 1.66. The molecule has 1 aromatic carbocycles. The highest BCUT2D eigenvalue weighted by molar-refractivity contribution is 7.07. The topological polar surface area (TPSA) is 89.7 Å². The van der Waals surface area contributed by atoms with Crippen LogP contribution in [0.3, 0.4) is 0 Å². The molecule has 0 atom stereocenters. The number of morpholine rings is 1. The number of rotatable bonds is 6. The summed E-state index contributed by atoms with van der Waals surface area (Å²) in [5.41, 5.74) is 5.41. The third kappa shape index (κ3) is 3.66. The van der Waals surface area contributed by atoms with Crippen LogP contribution in [0.1, 0.15) is 5.56 Å². The van der Waals surface area contributed by atoms with E-state index in [0.717, 1.165) is 41.3 Å². The Labute approximate surface area is 177 Å². The van der Waals surface area contributed by atoms with E-state index in [4.69, 9.17) is 19.4 Å². The predicted molar refractivity (Wildman–Crippen MR) is 115 cm³/mol. The van der Waals surface area contributed by atoms with Crippen LogP contribution in [-0.2, 0) is 11.3 Å². The van der Waals surface area contributed by atoms with Crippen molar-refractivity contribution in [2.45, 2.75) is 6.54 Å². The Morgan fingerprint density at radius 1 is 1.17 bits per heavy atom. The predicted octanol–water partition coefficient (Wildman–Crippen LogP) is 2.71. The standard InChI is InChI=1S/C20H21N7O2S/c1-28-15-4-2-14(3-5-15)10-21-19-25-20(26-6-8-29-9-7-26)24-18-16(11-23-27(18)19)17-12-30-13-22-17/h2-5,11-13H,6-10H2,1H3,(H,21,24,25). The Kier molecular flexibility index (Phi) is 5.16. The number of benzene rings is 1. The maximum atomic E-state index is 5.48. The first kappa shape index (κ1) is 18.8. The van der Waals surface area contributed by atoms with Crippen LogP contribution in [0.5, 0.6) is 5.75 Å². The van der Waals surface area contributed by atoms with Gasteiger partial charge in [0.1, 0.15) is 5.75 Å². The van der Waals surface area contributed by atoms with Gasteiger partial charge in [-0.2, -0.15) is 19.6 Å². The van der Waals surface area contributed by atoms with E-state index < -0.39 is 0 Å². The molecule has 0 aliphatic carbocycles. The van der Waals surface area contributed by atoms with Crippen LogP contribution < -0.4 is 15.0 Å². The zero-order valence-corrected chi connectivity index (χ0v) is 17.3. The van der Waals surface area contributed by atoms with Crippen LogP contribution in [0.2, 0.25) is 0 Å². The number of ether oxygens (including phenoxy) is 2. The summed E-state index contributed by atoms with van der Waals surface area (Å²) in [6.45, 7) is 3.45. The van der Waals surface area contributed by atoms with Crippen molar-refractivity contribution >= 4 is 28.9 Å². The zero-order chi connectivity index (χ0) is 20.3. The van der Waals surface area contributed by atoms with E-state index in [9.17, 15) is 0 Å². The summed E-state index contributed by atoms with van der Waals surface area (Å²) in [6.07, 6.45) is 1.79. The minimum absolute atomic E-state index is 0.602. The van der Waals surface area contributed by atoms with E-state index in [1.807, 2.05) is 35.2 Å². The number of nitrogens with one attached hydrogen (secondary N) is 1. The Bertz CT molecular complexity index is 1120. The average Bonchev–Trinajstić information content (AvgIpc) is 3.48. The fourth-order valence-corrected chi connectivity index (χ4v) is 3.89. The van der Waals surface area contributed by atoms with Gasteiger partial charge >= 0.3 is 0 Å². The number of fused-ring (bicyclic) bond motifs is 1. The second kappa shape index (κ2) is 8.25. The Morgan fingerprint density at radius 2 is 2.00 bits per heavy atom. The van der Waals surface area contributed by atoms with Crippen molar-refractivity contribution in [2.24, 2.45) is 0 Å². The highest BCUT2D eigenvalue weighted by Crippen LogP contribution is 2.26. The van der Waals surface area contributed by atoms with Gasteiger partial charge in [0.2, 0.25) is 11.9 Å². The SMILES string of the molecule is COc1ccc(CNc2nc(N3CCOCC3)nc3c(-c4cscn4)cnn23)cc1. The van der Waals surface area contributed by atoms with Gasteiger partial charge in [-0.05, 0) is 17.7 Å². The number of anilines is 2. The van der Waals surface area contributed by atoms with Gasteiger partial charge in [0.25, 0.3) is 0 Å². The van der Waals surface area contributed by atoms with Crippen molar-refractivity contribution in [3.63, 3.8) is 0 Å². The molecular weight excluding hydrogens is 402 g/mol. The number of hydrogen-bond acceptors (Lipinski definition) is 9. The molecule has 1 N–H and O–H groups in total. The summed E-state index contributed by atoms with van der Waals surface area (Å²) in [5, 5.41) is 9.94. The monoisotopic (exact) mass is 423 g/mol. The molecule has 0 amide bonds. The fourth-order valence-electron chi connectivity index (χ4n) is 3.34. The fraction of sp³-hybridized carbons (Fsp3) is 0.300. The zero-order valence-electron chi connectivity index (χ0n) is 16.5. The number of methoxy groups -OCH3 is 1. The van der Waals surface area contributed by atoms with Gasteiger partial charge in [-0.15, -0.1) is 11.3 Å². The highest BCUT2D eigenvalue weighted by atomic mass is 32.1. The van der Waals surface area contributed by atoms with E-state index in [1.54, 1.807) is 29.2 Å².